The van der Waals surface area contributed by atoms with Crippen molar-refractivity contribution in [2.75, 3.05) is 27.3 Å². The van der Waals surface area contributed by atoms with Crippen LogP contribution in [0.2, 0.25) is 0 Å². The lowest BCUT2D eigenvalue weighted by Crippen LogP contribution is -2.36. The van der Waals surface area contributed by atoms with Crippen molar-refractivity contribution in [3.63, 3.8) is 0 Å². The molecule has 1 aromatic rings. The standard InChI is InChI=1S/C15H25N3O3/c1-11-14(8-16-18(11)12-6-4-5-7-12)15(20)17(2)9-13(19)10-21-3/h8,12-13,19H,4-7,9-10H2,1-3H3. The smallest absolute Gasteiger partial charge is 0.257 e. The first-order valence-corrected chi connectivity index (χ1v) is 7.51. The van der Waals surface area contributed by atoms with Gasteiger partial charge in [0.25, 0.3) is 5.91 Å². The Labute approximate surface area is 125 Å². The van der Waals surface area contributed by atoms with Gasteiger partial charge < -0.3 is 14.7 Å². The van der Waals surface area contributed by atoms with E-state index >= 15 is 0 Å². The zero-order valence-corrected chi connectivity index (χ0v) is 13.1. The largest absolute Gasteiger partial charge is 0.389 e. The Bertz CT molecular complexity index is 481. The lowest BCUT2D eigenvalue weighted by Gasteiger charge is -2.20. The molecule has 1 amide bonds. The molecule has 1 aromatic heterocycles. The summed E-state index contributed by atoms with van der Waals surface area (Å²) in [6.45, 7) is 2.41. The molecule has 6 nitrogen and oxygen atoms in total. The van der Waals surface area contributed by atoms with Crippen molar-refractivity contribution >= 4 is 5.91 Å². The van der Waals surface area contributed by atoms with Crippen molar-refractivity contribution in [1.29, 1.82) is 0 Å². The molecule has 1 aliphatic carbocycles. The summed E-state index contributed by atoms with van der Waals surface area (Å²) in [6, 6.07) is 0.427. The van der Waals surface area contributed by atoms with E-state index in [-0.39, 0.29) is 19.1 Å². The third kappa shape index (κ3) is 3.63. The van der Waals surface area contributed by atoms with Crippen molar-refractivity contribution < 1.29 is 14.6 Å². The van der Waals surface area contributed by atoms with E-state index in [0.29, 0.717) is 11.6 Å². The number of likely N-dealkylation sites (N-methyl/N-ethyl adjacent to an activating group) is 1. The van der Waals surface area contributed by atoms with Gasteiger partial charge in [-0.15, -0.1) is 0 Å². The van der Waals surface area contributed by atoms with Crippen LogP contribution in [-0.4, -0.2) is 59.1 Å². The van der Waals surface area contributed by atoms with Gasteiger partial charge in [0.15, 0.2) is 0 Å². The van der Waals surface area contributed by atoms with Crippen LogP contribution >= 0.6 is 0 Å². The van der Waals surface area contributed by atoms with E-state index < -0.39 is 6.10 Å². The van der Waals surface area contributed by atoms with Crippen LogP contribution < -0.4 is 0 Å². The summed E-state index contributed by atoms with van der Waals surface area (Å²) in [6.07, 6.45) is 5.72. The number of carbonyl (C=O) groups is 1. The number of aromatic nitrogens is 2. The highest BCUT2D eigenvalue weighted by Crippen LogP contribution is 2.30. The molecule has 21 heavy (non-hydrogen) atoms. The summed E-state index contributed by atoms with van der Waals surface area (Å²) in [7, 11) is 3.22. The summed E-state index contributed by atoms with van der Waals surface area (Å²) >= 11 is 0. The zero-order chi connectivity index (χ0) is 15.4. The normalized spacial score (nSPS) is 17.1. The third-order valence-electron chi connectivity index (χ3n) is 4.14. The quantitative estimate of drug-likeness (QED) is 0.861. The predicted molar refractivity (Wildman–Crippen MR) is 79.3 cm³/mol. The first-order chi connectivity index (χ1) is 10.0. The number of aliphatic hydroxyl groups excluding tert-OH is 1. The molecule has 1 heterocycles. The highest BCUT2D eigenvalue weighted by Gasteiger charge is 2.24. The maximum Gasteiger partial charge on any atom is 0.257 e. The molecule has 2 rings (SSSR count). The Balaban J connectivity index is 2.05. The van der Waals surface area contributed by atoms with E-state index in [1.165, 1.54) is 24.9 Å². The second kappa shape index (κ2) is 7.04. The molecule has 6 heteroatoms. The number of hydrogen-bond acceptors (Lipinski definition) is 4. The monoisotopic (exact) mass is 295 g/mol. The summed E-state index contributed by atoms with van der Waals surface area (Å²) in [5, 5.41) is 14.1. The SMILES string of the molecule is COCC(O)CN(C)C(=O)c1cnn(C2CCCC2)c1C. The number of nitrogens with zero attached hydrogens (tertiary/aromatic N) is 3. The fourth-order valence-electron chi connectivity index (χ4n) is 3.00. The Morgan fingerprint density at radius 1 is 1.57 bits per heavy atom. The van der Waals surface area contributed by atoms with Crippen LogP contribution in [0.15, 0.2) is 6.20 Å². The molecular formula is C15H25N3O3. The molecule has 1 saturated carbocycles. The maximum atomic E-state index is 12.5. The lowest BCUT2D eigenvalue weighted by molar-refractivity contribution is 0.0380. The number of rotatable bonds is 6. The van der Waals surface area contributed by atoms with Gasteiger partial charge in [-0.25, -0.2) is 0 Å². The number of carbonyl (C=O) groups excluding carboxylic acids is 1. The summed E-state index contributed by atoms with van der Waals surface area (Å²) < 4.78 is 6.87. The lowest BCUT2D eigenvalue weighted by atomic mass is 10.2. The number of methoxy groups -OCH3 is 1. The molecule has 0 bridgehead atoms. The van der Waals surface area contributed by atoms with Gasteiger partial charge in [0, 0.05) is 26.4 Å². The molecule has 0 spiro atoms. The highest BCUT2D eigenvalue weighted by molar-refractivity contribution is 5.94. The van der Waals surface area contributed by atoms with E-state index in [1.54, 1.807) is 13.2 Å². The van der Waals surface area contributed by atoms with Crippen LogP contribution in [0.3, 0.4) is 0 Å². The summed E-state index contributed by atoms with van der Waals surface area (Å²) in [5.74, 6) is -0.105. The second-order valence-corrected chi connectivity index (χ2v) is 5.82. The van der Waals surface area contributed by atoms with Crippen LogP contribution in [0.1, 0.15) is 47.8 Å². The Morgan fingerprint density at radius 3 is 2.86 bits per heavy atom. The van der Waals surface area contributed by atoms with Crippen LogP contribution in [0.4, 0.5) is 0 Å². The van der Waals surface area contributed by atoms with Crippen molar-refractivity contribution in [3.8, 4) is 0 Å². The minimum Gasteiger partial charge on any atom is -0.389 e. The maximum absolute atomic E-state index is 12.5. The molecule has 1 aliphatic rings. The fourth-order valence-corrected chi connectivity index (χ4v) is 3.00. The number of aliphatic hydroxyl groups is 1. The van der Waals surface area contributed by atoms with Crippen molar-refractivity contribution in [2.45, 2.75) is 44.8 Å². The van der Waals surface area contributed by atoms with Crippen LogP contribution in [0.25, 0.3) is 0 Å². The Morgan fingerprint density at radius 2 is 2.24 bits per heavy atom. The first-order valence-electron chi connectivity index (χ1n) is 7.51. The zero-order valence-electron chi connectivity index (χ0n) is 13.1. The molecule has 1 fully saturated rings. The predicted octanol–water partition coefficient (Wildman–Crippen LogP) is 1.39. The highest BCUT2D eigenvalue weighted by atomic mass is 16.5. The van der Waals surface area contributed by atoms with E-state index in [1.807, 2.05) is 11.6 Å². The molecule has 1 atom stereocenters. The summed E-state index contributed by atoms with van der Waals surface area (Å²) in [5.41, 5.74) is 1.54. The molecule has 1 N–H and O–H groups in total. The number of amides is 1. The van der Waals surface area contributed by atoms with Gasteiger partial charge in [-0.1, -0.05) is 12.8 Å². The Hall–Kier alpha value is -1.40. The van der Waals surface area contributed by atoms with Gasteiger partial charge in [0.1, 0.15) is 0 Å². The van der Waals surface area contributed by atoms with Crippen molar-refractivity contribution in [2.24, 2.45) is 0 Å². The molecule has 0 radical (unpaired) electrons. The van der Waals surface area contributed by atoms with Crippen LogP contribution in [0.5, 0.6) is 0 Å². The van der Waals surface area contributed by atoms with Gasteiger partial charge in [-0.2, -0.15) is 5.10 Å². The van der Waals surface area contributed by atoms with Gasteiger partial charge >= 0.3 is 0 Å². The minimum atomic E-state index is -0.672. The van der Waals surface area contributed by atoms with E-state index in [9.17, 15) is 9.90 Å². The Kier molecular flexibility index (Phi) is 5.36. The first kappa shape index (κ1) is 16.0. The van der Waals surface area contributed by atoms with Gasteiger partial charge in [0.05, 0.1) is 30.5 Å². The van der Waals surface area contributed by atoms with Crippen LogP contribution in [-0.2, 0) is 4.74 Å². The average molecular weight is 295 g/mol. The number of ether oxygens (including phenoxy) is 1. The molecular weight excluding hydrogens is 270 g/mol. The summed E-state index contributed by atoms with van der Waals surface area (Å²) in [4.78, 5) is 14.0. The molecule has 0 aromatic carbocycles. The van der Waals surface area contributed by atoms with Crippen molar-refractivity contribution in [3.05, 3.63) is 17.5 Å². The van der Waals surface area contributed by atoms with E-state index in [4.69, 9.17) is 4.74 Å². The molecule has 0 saturated heterocycles. The molecule has 118 valence electrons. The number of hydrogen-bond donors (Lipinski definition) is 1. The fraction of sp³-hybridized carbons (Fsp3) is 0.733. The topological polar surface area (TPSA) is 67.6 Å². The van der Waals surface area contributed by atoms with E-state index in [0.717, 1.165) is 18.5 Å². The van der Waals surface area contributed by atoms with Crippen LogP contribution in [0, 0.1) is 6.92 Å². The van der Waals surface area contributed by atoms with Gasteiger partial charge in [0.2, 0.25) is 0 Å². The average Bonchev–Trinajstić information content (AvgIpc) is 3.07. The van der Waals surface area contributed by atoms with Crippen molar-refractivity contribution in [1.82, 2.24) is 14.7 Å². The van der Waals surface area contributed by atoms with E-state index in [2.05, 4.69) is 5.10 Å². The minimum absolute atomic E-state index is 0.105. The second-order valence-electron chi connectivity index (χ2n) is 5.82. The molecule has 0 aliphatic heterocycles. The van der Waals surface area contributed by atoms with Gasteiger partial charge in [-0.3, -0.25) is 9.48 Å². The van der Waals surface area contributed by atoms with Gasteiger partial charge in [-0.05, 0) is 19.8 Å². The third-order valence-corrected chi connectivity index (χ3v) is 4.14. The molecule has 1 unspecified atom stereocenters.